The summed E-state index contributed by atoms with van der Waals surface area (Å²) in [6.45, 7) is 4.08. The molecule has 6 nitrogen and oxygen atoms in total. The molecule has 0 saturated heterocycles. The molecule has 4 heterocycles. The highest BCUT2D eigenvalue weighted by Crippen LogP contribution is 2.43. The van der Waals surface area contributed by atoms with E-state index in [0.29, 0.717) is 37.4 Å². The Hall–Kier alpha value is -3.17. The van der Waals surface area contributed by atoms with Gasteiger partial charge in [-0.05, 0) is 62.6 Å². The Labute approximate surface area is 193 Å². The molecule has 33 heavy (non-hydrogen) atoms. The molecule has 1 aliphatic heterocycles. The number of pyridine rings is 1. The maximum Gasteiger partial charge on any atom is 0.173 e. The summed E-state index contributed by atoms with van der Waals surface area (Å²) in [7, 11) is 0. The highest BCUT2D eigenvalue weighted by molar-refractivity contribution is 7.19. The third-order valence-corrected chi connectivity index (χ3v) is 6.65. The number of hydrogen-bond acceptors (Lipinski definition) is 6. The van der Waals surface area contributed by atoms with Crippen LogP contribution in [-0.4, -0.2) is 37.1 Å². The van der Waals surface area contributed by atoms with Crippen molar-refractivity contribution in [2.24, 2.45) is 0 Å². The van der Waals surface area contributed by atoms with Crippen molar-refractivity contribution in [1.82, 2.24) is 19.7 Å². The fourth-order valence-corrected chi connectivity index (χ4v) is 4.96. The molecule has 5 rings (SSSR count). The standard InChI is InChI=1S/C24H22F2N4O2S/c1-24(2,31)9-7-16-4-6-19-21(29-16)22-14(8-10-32-19)11-20(33-22)23-27-13-28-30(23)18-5-3-15(25)12-17(18)26/h3-6,11-13,31H,7-10H2,1-2H3. The second kappa shape index (κ2) is 8.31. The van der Waals surface area contributed by atoms with Gasteiger partial charge in [0.1, 0.15) is 29.3 Å². The summed E-state index contributed by atoms with van der Waals surface area (Å²) in [5.74, 6) is -0.181. The van der Waals surface area contributed by atoms with E-state index >= 15 is 0 Å². The number of aliphatic hydroxyl groups is 1. The van der Waals surface area contributed by atoms with Crippen LogP contribution >= 0.6 is 11.3 Å². The van der Waals surface area contributed by atoms with Crippen LogP contribution in [0.3, 0.4) is 0 Å². The van der Waals surface area contributed by atoms with E-state index < -0.39 is 17.2 Å². The molecule has 3 aromatic heterocycles. The van der Waals surface area contributed by atoms with Crippen LogP contribution < -0.4 is 4.74 Å². The number of fused-ring (bicyclic) bond motifs is 3. The largest absolute Gasteiger partial charge is 0.491 e. The van der Waals surface area contributed by atoms with Gasteiger partial charge in [0.2, 0.25) is 0 Å². The molecule has 0 unspecified atom stereocenters. The van der Waals surface area contributed by atoms with Crippen LogP contribution in [-0.2, 0) is 12.8 Å². The Morgan fingerprint density at radius 3 is 2.82 bits per heavy atom. The zero-order valence-electron chi connectivity index (χ0n) is 18.2. The van der Waals surface area contributed by atoms with Crippen LogP contribution in [0, 0.1) is 11.6 Å². The number of benzene rings is 1. The van der Waals surface area contributed by atoms with Gasteiger partial charge in [-0.2, -0.15) is 5.10 Å². The van der Waals surface area contributed by atoms with Gasteiger partial charge >= 0.3 is 0 Å². The Morgan fingerprint density at radius 2 is 2.03 bits per heavy atom. The van der Waals surface area contributed by atoms with Gasteiger partial charge in [-0.25, -0.2) is 23.4 Å². The summed E-state index contributed by atoms with van der Waals surface area (Å²) < 4.78 is 35.1. The van der Waals surface area contributed by atoms with E-state index in [2.05, 4.69) is 10.1 Å². The van der Waals surface area contributed by atoms with Crippen LogP contribution in [0.15, 0.2) is 42.7 Å². The molecule has 0 saturated carbocycles. The number of rotatable bonds is 5. The smallest absolute Gasteiger partial charge is 0.173 e. The molecular weight excluding hydrogens is 446 g/mol. The summed E-state index contributed by atoms with van der Waals surface area (Å²) in [6, 6.07) is 9.23. The number of hydrogen-bond donors (Lipinski definition) is 1. The maximum atomic E-state index is 14.4. The average molecular weight is 469 g/mol. The van der Waals surface area contributed by atoms with Crippen LogP contribution in [0.2, 0.25) is 0 Å². The van der Waals surface area contributed by atoms with Gasteiger partial charge in [0.05, 0.1) is 22.0 Å². The molecule has 170 valence electrons. The Bertz CT molecular complexity index is 1330. The first-order valence-corrected chi connectivity index (χ1v) is 11.4. The first kappa shape index (κ1) is 21.7. The fourth-order valence-electron chi connectivity index (χ4n) is 3.77. The van der Waals surface area contributed by atoms with Crippen molar-refractivity contribution < 1.29 is 18.6 Å². The molecule has 0 amide bonds. The van der Waals surface area contributed by atoms with Gasteiger partial charge in [0.25, 0.3) is 0 Å². The third kappa shape index (κ3) is 4.38. The van der Waals surface area contributed by atoms with Crippen LogP contribution in [0.25, 0.3) is 27.0 Å². The molecule has 4 aromatic rings. The summed E-state index contributed by atoms with van der Waals surface area (Å²) in [5, 5.41) is 14.2. The van der Waals surface area contributed by atoms with Crippen LogP contribution in [0.5, 0.6) is 5.75 Å². The molecule has 1 N–H and O–H groups in total. The molecule has 0 aliphatic carbocycles. The van der Waals surface area contributed by atoms with Crippen molar-refractivity contribution in [3.63, 3.8) is 0 Å². The van der Waals surface area contributed by atoms with Gasteiger partial charge in [-0.3, -0.25) is 0 Å². The van der Waals surface area contributed by atoms with Gasteiger partial charge in [-0.1, -0.05) is 0 Å². The Balaban J connectivity index is 1.55. The molecule has 1 aromatic carbocycles. The van der Waals surface area contributed by atoms with Gasteiger partial charge < -0.3 is 9.84 Å². The summed E-state index contributed by atoms with van der Waals surface area (Å²) in [4.78, 5) is 11.0. The van der Waals surface area contributed by atoms with Crippen molar-refractivity contribution in [2.45, 2.75) is 38.7 Å². The highest BCUT2D eigenvalue weighted by Gasteiger charge is 2.24. The number of ether oxygens (including phenoxy) is 1. The predicted octanol–water partition coefficient (Wildman–Crippen LogP) is 4.97. The molecule has 0 bridgehead atoms. The molecule has 1 aliphatic rings. The summed E-state index contributed by atoms with van der Waals surface area (Å²) in [6.07, 6.45) is 3.28. The number of aryl methyl sites for hydroxylation is 1. The summed E-state index contributed by atoms with van der Waals surface area (Å²) in [5.41, 5.74) is 2.05. The van der Waals surface area contributed by atoms with Crippen LogP contribution in [0.1, 0.15) is 31.5 Å². The second-order valence-electron chi connectivity index (χ2n) is 8.62. The molecular formula is C24H22F2N4O2S. The summed E-state index contributed by atoms with van der Waals surface area (Å²) >= 11 is 1.49. The SMILES string of the molecule is CC(C)(O)CCc1ccc2c(n1)-c1sc(-c3ncnn3-c3ccc(F)cc3F)cc1CCO2. The molecule has 0 radical (unpaired) electrons. The van der Waals surface area contributed by atoms with Crippen molar-refractivity contribution in [1.29, 1.82) is 0 Å². The van der Waals surface area contributed by atoms with E-state index in [1.807, 2.05) is 18.2 Å². The first-order chi connectivity index (χ1) is 15.8. The predicted molar refractivity (Wildman–Crippen MR) is 122 cm³/mol. The molecule has 9 heteroatoms. The molecule has 0 atom stereocenters. The van der Waals surface area contributed by atoms with Gasteiger partial charge in [0.15, 0.2) is 11.6 Å². The number of thiophene rings is 1. The van der Waals surface area contributed by atoms with E-state index in [4.69, 9.17) is 9.72 Å². The Kier molecular flexibility index (Phi) is 5.46. The van der Waals surface area contributed by atoms with Crippen molar-refractivity contribution in [3.8, 4) is 32.7 Å². The normalized spacial score (nSPS) is 13.2. The van der Waals surface area contributed by atoms with E-state index in [1.165, 1.54) is 34.5 Å². The minimum Gasteiger partial charge on any atom is -0.491 e. The lowest BCUT2D eigenvalue weighted by molar-refractivity contribution is 0.0711. The lowest BCUT2D eigenvalue weighted by atomic mass is 10.0. The number of aromatic nitrogens is 4. The molecule has 0 fully saturated rings. The second-order valence-corrected chi connectivity index (χ2v) is 9.67. The zero-order valence-corrected chi connectivity index (χ0v) is 19.0. The minimum atomic E-state index is -0.772. The highest BCUT2D eigenvalue weighted by atomic mass is 32.1. The lowest BCUT2D eigenvalue weighted by Gasteiger charge is -2.16. The number of nitrogens with zero attached hydrogens (tertiary/aromatic N) is 4. The van der Waals surface area contributed by atoms with Gasteiger partial charge in [0, 0.05) is 18.2 Å². The minimum absolute atomic E-state index is 0.128. The monoisotopic (exact) mass is 468 g/mol. The quantitative estimate of drug-likeness (QED) is 0.448. The van der Waals surface area contributed by atoms with Crippen LogP contribution in [0.4, 0.5) is 8.78 Å². The van der Waals surface area contributed by atoms with Crippen molar-refractivity contribution >= 4 is 11.3 Å². The fraction of sp³-hybridized carbons (Fsp3) is 0.292. The maximum absolute atomic E-state index is 14.4. The van der Waals surface area contributed by atoms with E-state index in [0.717, 1.165) is 32.8 Å². The Morgan fingerprint density at radius 1 is 1.18 bits per heavy atom. The number of halogens is 2. The van der Waals surface area contributed by atoms with Crippen molar-refractivity contribution in [3.05, 3.63) is 65.6 Å². The lowest BCUT2D eigenvalue weighted by Crippen LogP contribution is -2.19. The van der Waals surface area contributed by atoms with E-state index in [-0.39, 0.29) is 5.69 Å². The molecule has 0 spiro atoms. The van der Waals surface area contributed by atoms with E-state index in [1.54, 1.807) is 13.8 Å². The average Bonchev–Trinajstić information content (AvgIpc) is 3.36. The topological polar surface area (TPSA) is 73.1 Å². The van der Waals surface area contributed by atoms with E-state index in [9.17, 15) is 13.9 Å². The van der Waals surface area contributed by atoms with Crippen molar-refractivity contribution in [2.75, 3.05) is 6.61 Å². The zero-order chi connectivity index (χ0) is 23.2. The van der Waals surface area contributed by atoms with Gasteiger partial charge in [-0.15, -0.1) is 11.3 Å². The third-order valence-electron chi connectivity index (χ3n) is 5.47. The first-order valence-electron chi connectivity index (χ1n) is 10.6.